The van der Waals surface area contributed by atoms with Crippen LogP contribution in [0.15, 0.2) is 0 Å². The molecule has 1 rings (SSSR count). The molecular formula is C13H28N2. The van der Waals surface area contributed by atoms with Crippen LogP contribution in [0.4, 0.5) is 0 Å². The zero-order chi connectivity index (χ0) is 11.9. The first-order chi connectivity index (χ1) is 6.75. The zero-order valence-corrected chi connectivity index (χ0v) is 11.2. The van der Waals surface area contributed by atoms with Crippen LogP contribution < -0.4 is 11.3 Å². The molecule has 0 aliphatic heterocycles. The molecule has 0 amide bonds. The summed E-state index contributed by atoms with van der Waals surface area (Å²) in [6.45, 7) is 14.0. The summed E-state index contributed by atoms with van der Waals surface area (Å²) >= 11 is 0. The Kier molecular flexibility index (Phi) is 3.52. The van der Waals surface area contributed by atoms with Crippen molar-refractivity contribution in [1.29, 1.82) is 0 Å². The van der Waals surface area contributed by atoms with E-state index in [0.29, 0.717) is 22.8 Å². The molecule has 1 unspecified atom stereocenters. The summed E-state index contributed by atoms with van der Waals surface area (Å²) in [5, 5.41) is 0. The molecule has 0 bridgehead atoms. The molecule has 90 valence electrons. The van der Waals surface area contributed by atoms with Crippen LogP contribution in [0.5, 0.6) is 0 Å². The van der Waals surface area contributed by atoms with Gasteiger partial charge in [-0.25, -0.2) is 0 Å². The Morgan fingerprint density at radius 2 is 1.53 bits per heavy atom. The van der Waals surface area contributed by atoms with Gasteiger partial charge in [-0.1, -0.05) is 41.5 Å². The van der Waals surface area contributed by atoms with Crippen molar-refractivity contribution in [1.82, 2.24) is 5.43 Å². The van der Waals surface area contributed by atoms with Gasteiger partial charge >= 0.3 is 0 Å². The van der Waals surface area contributed by atoms with Gasteiger partial charge < -0.3 is 0 Å². The monoisotopic (exact) mass is 212 g/mol. The first-order valence-electron chi connectivity index (χ1n) is 6.21. The third-order valence-electron chi connectivity index (χ3n) is 4.80. The van der Waals surface area contributed by atoms with E-state index < -0.39 is 0 Å². The topological polar surface area (TPSA) is 38.0 Å². The highest BCUT2D eigenvalue weighted by Gasteiger charge is 2.66. The first-order valence-corrected chi connectivity index (χ1v) is 6.21. The van der Waals surface area contributed by atoms with Gasteiger partial charge in [0, 0.05) is 6.04 Å². The fourth-order valence-electron chi connectivity index (χ4n) is 3.11. The van der Waals surface area contributed by atoms with Gasteiger partial charge in [0.1, 0.15) is 0 Å². The molecular weight excluding hydrogens is 184 g/mol. The summed E-state index contributed by atoms with van der Waals surface area (Å²) in [4.78, 5) is 0. The Bertz CT molecular complexity index is 205. The maximum Gasteiger partial charge on any atom is 0.0249 e. The minimum absolute atomic E-state index is 0.432. The molecule has 0 radical (unpaired) electrons. The van der Waals surface area contributed by atoms with Crippen molar-refractivity contribution in [3.63, 3.8) is 0 Å². The fraction of sp³-hybridized carbons (Fsp3) is 1.00. The molecule has 0 aromatic heterocycles. The van der Waals surface area contributed by atoms with Crippen LogP contribution in [0, 0.1) is 22.7 Å². The van der Waals surface area contributed by atoms with Crippen LogP contribution in [0.3, 0.4) is 0 Å². The number of hydrogen-bond donors (Lipinski definition) is 2. The molecule has 0 heterocycles. The lowest BCUT2D eigenvalue weighted by molar-refractivity contribution is 0.356. The van der Waals surface area contributed by atoms with Crippen molar-refractivity contribution in [3.8, 4) is 0 Å². The Hall–Kier alpha value is -0.0800. The summed E-state index contributed by atoms with van der Waals surface area (Å²) < 4.78 is 0. The van der Waals surface area contributed by atoms with Crippen LogP contribution in [-0.4, -0.2) is 6.04 Å². The quantitative estimate of drug-likeness (QED) is 0.543. The lowest BCUT2D eigenvalue weighted by atomic mass is 9.96. The minimum atomic E-state index is 0.432. The van der Waals surface area contributed by atoms with Gasteiger partial charge in [0.2, 0.25) is 0 Å². The number of hydrogen-bond acceptors (Lipinski definition) is 2. The maximum absolute atomic E-state index is 5.69. The molecule has 1 fully saturated rings. The van der Waals surface area contributed by atoms with Gasteiger partial charge in [0.05, 0.1) is 0 Å². The van der Waals surface area contributed by atoms with E-state index in [4.69, 9.17) is 5.84 Å². The van der Waals surface area contributed by atoms with E-state index >= 15 is 0 Å². The second-order valence-corrected chi connectivity index (χ2v) is 6.67. The Morgan fingerprint density at radius 1 is 1.07 bits per heavy atom. The average Bonchev–Trinajstić information content (AvgIpc) is 2.48. The van der Waals surface area contributed by atoms with Crippen LogP contribution >= 0.6 is 0 Å². The summed E-state index contributed by atoms with van der Waals surface area (Å²) in [6, 6.07) is 0.484. The van der Waals surface area contributed by atoms with Crippen molar-refractivity contribution in [2.45, 2.75) is 60.4 Å². The van der Waals surface area contributed by atoms with Gasteiger partial charge in [-0.2, -0.15) is 0 Å². The van der Waals surface area contributed by atoms with Crippen LogP contribution in [0.2, 0.25) is 0 Å². The smallest absolute Gasteiger partial charge is 0.0249 e. The van der Waals surface area contributed by atoms with Crippen molar-refractivity contribution < 1.29 is 0 Å². The first kappa shape index (κ1) is 13.0. The van der Waals surface area contributed by atoms with Crippen LogP contribution in [0.25, 0.3) is 0 Å². The molecule has 2 nitrogen and oxygen atoms in total. The standard InChI is InChI=1S/C13H28N2/c1-9(2)7-8-10(15-14)11-12(3,4)13(11,5)6/h9-11,15H,7-8,14H2,1-6H3. The summed E-state index contributed by atoms with van der Waals surface area (Å²) in [6.07, 6.45) is 2.46. The van der Waals surface area contributed by atoms with E-state index in [9.17, 15) is 0 Å². The third-order valence-corrected chi connectivity index (χ3v) is 4.80. The van der Waals surface area contributed by atoms with E-state index in [0.717, 1.165) is 5.92 Å². The molecule has 2 heteroatoms. The van der Waals surface area contributed by atoms with Crippen molar-refractivity contribution in [2.75, 3.05) is 0 Å². The highest BCUT2D eigenvalue weighted by atomic mass is 15.2. The highest BCUT2D eigenvalue weighted by Crippen LogP contribution is 2.69. The van der Waals surface area contributed by atoms with Crippen LogP contribution in [-0.2, 0) is 0 Å². The van der Waals surface area contributed by atoms with Gasteiger partial charge in [-0.05, 0) is 35.5 Å². The molecule has 1 aliphatic rings. The average molecular weight is 212 g/mol. The SMILES string of the molecule is CC(C)CCC(NN)C1C(C)(C)C1(C)C. The third kappa shape index (κ3) is 2.21. The molecule has 0 aromatic carbocycles. The molecule has 0 spiro atoms. The molecule has 3 N–H and O–H groups in total. The molecule has 15 heavy (non-hydrogen) atoms. The second-order valence-electron chi connectivity index (χ2n) is 6.67. The Balaban J connectivity index is 2.55. The summed E-state index contributed by atoms with van der Waals surface area (Å²) in [5.74, 6) is 7.18. The lowest BCUT2D eigenvalue weighted by Crippen LogP contribution is -2.38. The van der Waals surface area contributed by atoms with Crippen LogP contribution in [0.1, 0.15) is 54.4 Å². The lowest BCUT2D eigenvalue weighted by Gasteiger charge is -2.19. The molecule has 0 aromatic rings. The number of nitrogens with two attached hydrogens (primary N) is 1. The predicted molar refractivity (Wildman–Crippen MR) is 66.2 cm³/mol. The van der Waals surface area contributed by atoms with Crippen molar-refractivity contribution >= 4 is 0 Å². The van der Waals surface area contributed by atoms with E-state index in [1.807, 2.05) is 0 Å². The second kappa shape index (κ2) is 4.06. The number of nitrogens with one attached hydrogen (secondary N) is 1. The number of rotatable bonds is 5. The van der Waals surface area contributed by atoms with Gasteiger partial charge in [-0.15, -0.1) is 0 Å². The largest absolute Gasteiger partial charge is 0.271 e. The molecule has 1 atom stereocenters. The Morgan fingerprint density at radius 3 is 1.80 bits per heavy atom. The van der Waals surface area contributed by atoms with E-state index in [-0.39, 0.29) is 0 Å². The number of hydrazine groups is 1. The predicted octanol–water partition coefficient (Wildman–Crippen LogP) is 2.94. The van der Waals surface area contributed by atoms with E-state index in [1.165, 1.54) is 12.8 Å². The fourth-order valence-corrected chi connectivity index (χ4v) is 3.11. The van der Waals surface area contributed by atoms with Crippen molar-refractivity contribution in [2.24, 2.45) is 28.5 Å². The summed E-state index contributed by atoms with van der Waals surface area (Å²) in [7, 11) is 0. The zero-order valence-electron chi connectivity index (χ0n) is 11.2. The molecule has 0 saturated heterocycles. The van der Waals surface area contributed by atoms with E-state index in [1.54, 1.807) is 0 Å². The maximum atomic E-state index is 5.69. The summed E-state index contributed by atoms with van der Waals surface area (Å²) in [5.41, 5.74) is 3.89. The van der Waals surface area contributed by atoms with E-state index in [2.05, 4.69) is 47.0 Å². The van der Waals surface area contributed by atoms with Gasteiger partial charge in [0.25, 0.3) is 0 Å². The minimum Gasteiger partial charge on any atom is -0.271 e. The normalized spacial score (nSPS) is 25.6. The van der Waals surface area contributed by atoms with Crippen molar-refractivity contribution in [3.05, 3.63) is 0 Å². The van der Waals surface area contributed by atoms with Gasteiger partial charge in [-0.3, -0.25) is 11.3 Å². The highest BCUT2D eigenvalue weighted by molar-refractivity contribution is 5.15. The molecule has 1 saturated carbocycles. The van der Waals surface area contributed by atoms with Gasteiger partial charge in [0.15, 0.2) is 0 Å². The Labute approximate surface area is 95.0 Å². The molecule has 1 aliphatic carbocycles.